The summed E-state index contributed by atoms with van der Waals surface area (Å²) in [6, 6.07) is 52.8. The molecule has 8 aromatic rings. The first-order valence-corrected chi connectivity index (χ1v) is 16.8. The van der Waals surface area contributed by atoms with Crippen molar-refractivity contribution in [1.82, 2.24) is 4.57 Å². The zero-order valence-electron chi connectivity index (χ0n) is 26.2. The molecule has 0 bridgehead atoms. The normalized spacial score (nSPS) is 12.1. The highest BCUT2D eigenvalue weighted by atomic mass is 32.1. The number of hydrogen-bond acceptors (Lipinski definition) is 1. The van der Waals surface area contributed by atoms with Crippen molar-refractivity contribution >= 4 is 49.6 Å². The Bertz CT molecular complexity index is 2470. The van der Waals surface area contributed by atoms with Crippen molar-refractivity contribution in [2.45, 2.75) is 6.92 Å². The summed E-state index contributed by atoms with van der Waals surface area (Å²) in [7, 11) is 0. The van der Waals surface area contributed by atoms with Crippen LogP contribution in [0.15, 0.2) is 176 Å². The fourth-order valence-electron chi connectivity index (χ4n) is 6.91. The minimum Gasteiger partial charge on any atom is -0.313 e. The number of fused-ring (bicyclic) bond motifs is 4. The lowest BCUT2D eigenvalue weighted by Gasteiger charge is -2.13. The van der Waals surface area contributed by atoms with Gasteiger partial charge in [0.15, 0.2) is 0 Å². The molecule has 0 saturated heterocycles. The van der Waals surface area contributed by atoms with Crippen molar-refractivity contribution in [3.63, 3.8) is 0 Å². The summed E-state index contributed by atoms with van der Waals surface area (Å²) in [5.41, 5.74) is 11.0. The van der Waals surface area contributed by atoms with Crippen LogP contribution in [0, 0.1) is 0 Å². The lowest BCUT2D eigenvalue weighted by Crippen LogP contribution is -1.93. The van der Waals surface area contributed by atoms with Gasteiger partial charge in [-0.2, -0.15) is 0 Å². The first kappa shape index (κ1) is 28.8. The number of nitrogens with zero attached hydrogens (tertiary/aromatic N) is 1. The van der Waals surface area contributed by atoms with E-state index in [0.717, 1.165) is 5.70 Å². The molecule has 0 saturated carbocycles. The molecule has 224 valence electrons. The fourth-order valence-corrected chi connectivity index (χ4v) is 8.29. The lowest BCUT2D eigenvalue weighted by molar-refractivity contribution is 1.20. The van der Waals surface area contributed by atoms with Gasteiger partial charge in [0, 0.05) is 48.1 Å². The number of rotatable bonds is 7. The number of para-hydroxylation sites is 1. The Morgan fingerprint density at radius 1 is 0.532 bits per heavy atom. The van der Waals surface area contributed by atoms with Crippen molar-refractivity contribution < 1.29 is 0 Å². The molecule has 2 aromatic heterocycles. The molecule has 0 unspecified atom stereocenters. The number of hydrogen-bond donors (Lipinski definition) is 0. The van der Waals surface area contributed by atoms with Gasteiger partial charge in [0.05, 0.1) is 11.0 Å². The Labute approximate surface area is 279 Å². The van der Waals surface area contributed by atoms with Gasteiger partial charge in [0.2, 0.25) is 0 Å². The van der Waals surface area contributed by atoms with Crippen molar-refractivity contribution in [3.8, 4) is 43.1 Å². The fraction of sp³-hybridized carbons (Fsp3) is 0.0222. The number of allylic oxidation sites excluding steroid dienone is 5. The Balaban J connectivity index is 1.50. The predicted octanol–water partition coefficient (Wildman–Crippen LogP) is 13.3. The molecule has 0 amide bonds. The van der Waals surface area contributed by atoms with Crippen molar-refractivity contribution in [1.29, 1.82) is 0 Å². The van der Waals surface area contributed by atoms with Crippen molar-refractivity contribution in [2.24, 2.45) is 0 Å². The van der Waals surface area contributed by atoms with E-state index < -0.39 is 0 Å². The molecule has 0 spiro atoms. The summed E-state index contributed by atoms with van der Waals surface area (Å²) >= 11 is 1.91. The molecule has 0 radical (unpaired) electrons. The largest absolute Gasteiger partial charge is 0.313 e. The zero-order chi connectivity index (χ0) is 31.7. The zero-order valence-corrected chi connectivity index (χ0v) is 27.0. The summed E-state index contributed by atoms with van der Waals surface area (Å²) in [5, 5.41) is 5.08. The van der Waals surface area contributed by atoms with E-state index in [1.165, 1.54) is 75.7 Å². The average Bonchev–Trinajstić information content (AvgIpc) is 3.68. The Morgan fingerprint density at radius 2 is 1.11 bits per heavy atom. The summed E-state index contributed by atoms with van der Waals surface area (Å²) in [4.78, 5) is 2.58. The number of benzene rings is 6. The summed E-state index contributed by atoms with van der Waals surface area (Å²) < 4.78 is 2.40. The first-order valence-electron chi connectivity index (χ1n) is 16.0. The monoisotopic (exact) mass is 619 g/mol. The molecule has 0 fully saturated rings. The van der Waals surface area contributed by atoms with Gasteiger partial charge >= 0.3 is 0 Å². The van der Waals surface area contributed by atoms with Gasteiger partial charge in [0.1, 0.15) is 0 Å². The lowest BCUT2D eigenvalue weighted by atomic mass is 9.92. The van der Waals surface area contributed by atoms with E-state index in [0.29, 0.717) is 0 Å². The van der Waals surface area contributed by atoms with E-state index in [1.807, 2.05) is 23.5 Å². The third kappa shape index (κ3) is 4.95. The summed E-state index contributed by atoms with van der Waals surface area (Å²) in [6.45, 7) is 6.04. The van der Waals surface area contributed by atoms with Gasteiger partial charge in [-0.3, -0.25) is 0 Å². The van der Waals surface area contributed by atoms with Crippen LogP contribution in [0.25, 0.3) is 81.4 Å². The molecule has 2 heterocycles. The molecule has 47 heavy (non-hydrogen) atoms. The van der Waals surface area contributed by atoms with Gasteiger partial charge in [-0.25, -0.2) is 0 Å². The SMILES string of the molecule is C=C/C=C\C=C(/C)n1c2ccccc2c2c(-c3sc(-c4ccccc4-c4ccccc4)c4ccccc34)c(-c3ccccc3)ccc21. The third-order valence-electron chi connectivity index (χ3n) is 8.96. The molecular weight excluding hydrogens is 587 g/mol. The predicted molar refractivity (Wildman–Crippen MR) is 206 cm³/mol. The molecule has 0 aliphatic rings. The van der Waals surface area contributed by atoms with Crippen LogP contribution in [0.2, 0.25) is 0 Å². The second kappa shape index (κ2) is 12.2. The minimum atomic E-state index is 1.15. The Hall–Kier alpha value is -5.70. The molecule has 0 aliphatic carbocycles. The van der Waals surface area contributed by atoms with Crippen LogP contribution >= 0.6 is 11.3 Å². The summed E-state index contributed by atoms with van der Waals surface area (Å²) in [6.07, 6.45) is 8.02. The van der Waals surface area contributed by atoms with E-state index in [4.69, 9.17) is 0 Å². The van der Waals surface area contributed by atoms with Crippen LogP contribution in [0.1, 0.15) is 6.92 Å². The Kier molecular flexibility index (Phi) is 7.49. The van der Waals surface area contributed by atoms with E-state index in [9.17, 15) is 0 Å². The van der Waals surface area contributed by atoms with Crippen LogP contribution in [0.3, 0.4) is 0 Å². The van der Waals surface area contributed by atoms with Crippen LogP contribution in [0.4, 0.5) is 0 Å². The van der Waals surface area contributed by atoms with Gasteiger partial charge in [-0.15, -0.1) is 11.3 Å². The molecule has 0 N–H and O–H groups in total. The first-order chi connectivity index (χ1) is 23.2. The second-order valence-electron chi connectivity index (χ2n) is 11.7. The van der Waals surface area contributed by atoms with Crippen LogP contribution < -0.4 is 0 Å². The van der Waals surface area contributed by atoms with Crippen LogP contribution in [-0.4, -0.2) is 4.57 Å². The highest BCUT2D eigenvalue weighted by Gasteiger charge is 2.24. The molecular formula is C45H33NS. The van der Waals surface area contributed by atoms with E-state index in [1.54, 1.807) is 0 Å². The minimum absolute atomic E-state index is 1.15. The van der Waals surface area contributed by atoms with Gasteiger partial charge < -0.3 is 4.57 Å². The van der Waals surface area contributed by atoms with Crippen LogP contribution in [0.5, 0.6) is 0 Å². The second-order valence-corrected chi connectivity index (χ2v) is 12.8. The van der Waals surface area contributed by atoms with Gasteiger partial charge in [-0.05, 0) is 47.4 Å². The smallest absolute Gasteiger partial charge is 0.0544 e. The molecule has 0 atom stereocenters. The van der Waals surface area contributed by atoms with Crippen molar-refractivity contribution in [2.75, 3.05) is 0 Å². The Morgan fingerprint density at radius 3 is 1.81 bits per heavy atom. The number of aromatic nitrogens is 1. The standard InChI is InChI=1S/C45H33NS/c1-3-4-7-18-31(2)46-40-28-17-16-27-39(40)42-41(46)30-29-35(33-21-10-6-11-22-33)43(42)45-38-26-15-14-25-37(38)44(47-45)36-24-13-12-23-34(36)32-19-8-5-9-20-32/h3-30H,1H2,2H3/b7-4-,31-18+. The van der Waals surface area contributed by atoms with Crippen molar-refractivity contribution in [3.05, 3.63) is 176 Å². The summed E-state index contributed by atoms with van der Waals surface area (Å²) in [5.74, 6) is 0. The average molecular weight is 620 g/mol. The van der Waals surface area contributed by atoms with Crippen LogP contribution in [-0.2, 0) is 0 Å². The van der Waals surface area contributed by atoms with E-state index >= 15 is 0 Å². The van der Waals surface area contributed by atoms with Gasteiger partial charge in [0.25, 0.3) is 0 Å². The highest BCUT2D eigenvalue weighted by Crippen LogP contribution is 2.52. The molecule has 1 nitrogen and oxygen atoms in total. The topological polar surface area (TPSA) is 4.93 Å². The quantitative estimate of drug-likeness (QED) is 0.156. The molecule has 2 heteroatoms. The maximum Gasteiger partial charge on any atom is 0.0544 e. The molecule has 8 rings (SSSR count). The van der Waals surface area contributed by atoms with E-state index in [-0.39, 0.29) is 0 Å². The third-order valence-corrected chi connectivity index (χ3v) is 10.2. The van der Waals surface area contributed by atoms with E-state index in [2.05, 4.69) is 176 Å². The van der Waals surface area contributed by atoms with Gasteiger partial charge in [-0.1, -0.05) is 158 Å². The highest BCUT2D eigenvalue weighted by molar-refractivity contribution is 7.21. The maximum atomic E-state index is 3.85. The number of thiophene rings is 1. The maximum absolute atomic E-state index is 3.85. The molecule has 0 aliphatic heterocycles. The molecule has 6 aromatic carbocycles.